The molecule has 0 aliphatic rings. The molecule has 7 nitrogen and oxygen atoms in total. The quantitative estimate of drug-likeness (QED) is 0.708. The number of hydrogen-bond acceptors (Lipinski definition) is 5. The van der Waals surface area contributed by atoms with Crippen LogP contribution in [-0.2, 0) is 11.3 Å². The second-order valence-electron chi connectivity index (χ2n) is 5.81. The third-order valence-corrected chi connectivity index (χ3v) is 3.99. The summed E-state index contributed by atoms with van der Waals surface area (Å²) in [6.07, 6.45) is 0. The molecule has 8 heteroatoms. The molecule has 0 atom stereocenters. The summed E-state index contributed by atoms with van der Waals surface area (Å²) in [6, 6.07) is 13.8. The largest absolute Gasteiger partial charge is 0.497 e. The predicted molar refractivity (Wildman–Crippen MR) is 102 cm³/mol. The van der Waals surface area contributed by atoms with Gasteiger partial charge in [-0.2, -0.15) is 5.10 Å². The van der Waals surface area contributed by atoms with Crippen molar-refractivity contribution in [3.8, 4) is 22.8 Å². The number of ether oxygens (including phenoxy) is 2. The first-order valence-electron chi connectivity index (χ1n) is 8.37. The minimum absolute atomic E-state index is 0.194. The Morgan fingerprint density at radius 2 is 1.89 bits per heavy atom. The van der Waals surface area contributed by atoms with Gasteiger partial charge in [-0.05, 0) is 30.3 Å². The summed E-state index contributed by atoms with van der Waals surface area (Å²) in [5.74, 6) is -0.155. The standard InChI is InChI=1S/C20H18FN3O4/c1-27-13-7-8-14(15(21)11-13)16-9-10-20(26)24(23-16)12-19(25)22-17-5-3-4-6-18(17)28-2/h3-11H,12H2,1-2H3,(H,22,25). The van der Waals surface area contributed by atoms with Gasteiger partial charge in [-0.25, -0.2) is 9.07 Å². The van der Waals surface area contributed by atoms with Crippen LogP contribution < -0.4 is 20.3 Å². The third-order valence-electron chi connectivity index (χ3n) is 3.99. The predicted octanol–water partition coefficient (Wildman–Crippen LogP) is 2.71. The van der Waals surface area contributed by atoms with Gasteiger partial charge < -0.3 is 14.8 Å². The fraction of sp³-hybridized carbons (Fsp3) is 0.150. The van der Waals surface area contributed by atoms with Gasteiger partial charge in [0.2, 0.25) is 5.91 Å². The summed E-state index contributed by atoms with van der Waals surface area (Å²) in [4.78, 5) is 24.4. The summed E-state index contributed by atoms with van der Waals surface area (Å²) < 4.78 is 25.4. The van der Waals surface area contributed by atoms with E-state index in [1.165, 1.54) is 38.5 Å². The Morgan fingerprint density at radius 3 is 2.61 bits per heavy atom. The van der Waals surface area contributed by atoms with Crippen LogP contribution in [0.5, 0.6) is 11.5 Å². The van der Waals surface area contributed by atoms with Gasteiger partial charge in [-0.3, -0.25) is 9.59 Å². The Bertz CT molecular complexity index is 1070. The minimum atomic E-state index is -0.546. The van der Waals surface area contributed by atoms with E-state index in [1.54, 1.807) is 30.3 Å². The zero-order valence-corrected chi connectivity index (χ0v) is 15.3. The van der Waals surface area contributed by atoms with E-state index in [2.05, 4.69) is 10.4 Å². The Labute approximate surface area is 160 Å². The Morgan fingerprint density at radius 1 is 1.11 bits per heavy atom. The summed E-state index contributed by atoms with van der Waals surface area (Å²) >= 11 is 0. The van der Waals surface area contributed by atoms with Gasteiger partial charge in [0, 0.05) is 17.7 Å². The minimum Gasteiger partial charge on any atom is -0.497 e. The highest BCUT2D eigenvalue weighted by Gasteiger charge is 2.13. The van der Waals surface area contributed by atoms with E-state index < -0.39 is 17.3 Å². The molecule has 28 heavy (non-hydrogen) atoms. The lowest BCUT2D eigenvalue weighted by Crippen LogP contribution is -2.29. The molecule has 1 N–H and O–H groups in total. The van der Waals surface area contributed by atoms with E-state index >= 15 is 0 Å². The molecule has 0 radical (unpaired) electrons. The molecule has 2 aromatic carbocycles. The van der Waals surface area contributed by atoms with Crippen LogP contribution in [0, 0.1) is 5.82 Å². The second kappa shape index (κ2) is 8.34. The van der Waals surface area contributed by atoms with Crippen LogP contribution in [0.4, 0.5) is 10.1 Å². The molecule has 0 fully saturated rings. The van der Waals surface area contributed by atoms with Gasteiger partial charge in [-0.15, -0.1) is 0 Å². The lowest BCUT2D eigenvalue weighted by atomic mass is 10.1. The van der Waals surface area contributed by atoms with Crippen molar-refractivity contribution in [2.45, 2.75) is 6.54 Å². The van der Waals surface area contributed by atoms with Crippen molar-refractivity contribution < 1.29 is 18.7 Å². The molecule has 3 aromatic rings. The molecule has 0 aliphatic heterocycles. The third kappa shape index (κ3) is 4.17. The van der Waals surface area contributed by atoms with Crippen LogP contribution >= 0.6 is 0 Å². The number of nitrogens with one attached hydrogen (secondary N) is 1. The van der Waals surface area contributed by atoms with Crippen molar-refractivity contribution in [2.24, 2.45) is 0 Å². The molecule has 0 aliphatic carbocycles. The monoisotopic (exact) mass is 383 g/mol. The summed E-state index contributed by atoms with van der Waals surface area (Å²) in [6.45, 7) is -0.331. The number of methoxy groups -OCH3 is 2. The number of benzene rings is 2. The summed E-state index contributed by atoms with van der Waals surface area (Å²) in [5.41, 5.74) is 0.415. The lowest BCUT2D eigenvalue weighted by molar-refractivity contribution is -0.117. The van der Waals surface area contributed by atoms with Crippen LogP contribution in [0.25, 0.3) is 11.3 Å². The molecular formula is C20H18FN3O4. The molecule has 0 saturated heterocycles. The maximum absolute atomic E-state index is 14.3. The first-order chi connectivity index (χ1) is 13.5. The average molecular weight is 383 g/mol. The lowest BCUT2D eigenvalue weighted by Gasteiger charge is -2.11. The van der Waals surface area contributed by atoms with Crippen LogP contribution in [0.3, 0.4) is 0 Å². The van der Waals surface area contributed by atoms with Crippen molar-refractivity contribution in [3.63, 3.8) is 0 Å². The molecule has 144 valence electrons. The van der Waals surface area contributed by atoms with Crippen molar-refractivity contribution in [3.05, 3.63) is 70.8 Å². The number of rotatable bonds is 6. The normalized spacial score (nSPS) is 10.4. The molecule has 3 rings (SSSR count). The van der Waals surface area contributed by atoms with E-state index in [4.69, 9.17) is 9.47 Å². The first kappa shape index (κ1) is 19.1. The number of anilines is 1. The maximum Gasteiger partial charge on any atom is 0.267 e. The Hall–Kier alpha value is -3.68. The van der Waals surface area contributed by atoms with Gasteiger partial charge in [0.1, 0.15) is 23.9 Å². The van der Waals surface area contributed by atoms with Crippen LogP contribution in [0.1, 0.15) is 0 Å². The van der Waals surface area contributed by atoms with Crippen LogP contribution in [0.2, 0.25) is 0 Å². The van der Waals surface area contributed by atoms with Gasteiger partial charge in [-0.1, -0.05) is 12.1 Å². The fourth-order valence-electron chi connectivity index (χ4n) is 2.61. The maximum atomic E-state index is 14.3. The SMILES string of the molecule is COc1ccc(-c2ccc(=O)n(CC(=O)Nc3ccccc3OC)n2)c(F)c1. The highest BCUT2D eigenvalue weighted by Crippen LogP contribution is 2.24. The van der Waals surface area contributed by atoms with Crippen LogP contribution in [-0.4, -0.2) is 29.9 Å². The summed E-state index contributed by atoms with van der Waals surface area (Å²) in [5, 5.41) is 6.78. The number of carbonyl (C=O) groups excluding carboxylic acids is 1. The first-order valence-corrected chi connectivity index (χ1v) is 8.37. The van der Waals surface area contributed by atoms with Gasteiger partial charge in [0.05, 0.1) is 25.6 Å². The highest BCUT2D eigenvalue weighted by molar-refractivity contribution is 5.92. The van der Waals surface area contributed by atoms with E-state index in [0.717, 1.165) is 4.68 Å². The van der Waals surface area contributed by atoms with E-state index in [9.17, 15) is 14.0 Å². The fourth-order valence-corrected chi connectivity index (χ4v) is 2.61. The Balaban J connectivity index is 1.84. The smallest absolute Gasteiger partial charge is 0.267 e. The molecule has 0 unspecified atom stereocenters. The van der Waals surface area contributed by atoms with E-state index in [1.807, 2.05) is 0 Å². The zero-order chi connectivity index (χ0) is 20.1. The molecule has 1 amide bonds. The van der Waals surface area contributed by atoms with Crippen molar-refractivity contribution >= 4 is 11.6 Å². The number of nitrogens with zero attached hydrogens (tertiary/aromatic N) is 2. The van der Waals surface area contributed by atoms with Crippen molar-refractivity contribution in [1.82, 2.24) is 9.78 Å². The number of amides is 1. The molecular weight excluding hydrogens is 365 g/mol. The number of hydrogen-bond donors (Lipinski definition) is 1. The van der Waals surface area contributed by atoms with Crippen molar-refractivity contribution in [2.75, 3.05) is 19.5 Å². The number of para-hydroxylation sites is 2. The van der Waals surface area contributed by atoms with Crippen LogP contribution in [0.15, 0.2) is 59.4 Å². The van der Waals surface area contributed by atoms with E-state index in [-0.39, 0.29) is 17.8 Å². The van der Waals surface area contributed by atoms with Gasteiger partial charge in [0.15, 0.2) is 0 Å². The average Bonchev–Trinajstić information content (AvgIpc) is 2.70. The molecule has 1 heterocycles. The second-order valence-corrected chi connectivity index (χ2v) is 5.81. The number of halogens is 1. The molecule has 1 aromatic heterocycles. The Kier molecular flexibility index (Phi) is 5.69. The zero-order valence-electron chi connectivity index (χ0n) is 15.3. The number of carbonyl (C=O) groups is 1. The molecule has 0 saturated carbocycles. The van der Waals surface area contributed by atoms with E-state index in [0.29, 0.717) is 17.2 Å². The molecule has 0 spiro atoms. The van der Waals surface area contributed by atoms with Crippen molar-refractivity contribution in [1.29, 1.82) is 0 Å². The van der Waals surface area contributed by atoms with Gasteiger partial charge >= 0.3 is 0 Å². The number of aromatic nitrogens is 2. The highest BCUT2D eigenvalue weighted by atomic mass is 19.1. The summed E-state index contributed by atoms with van der Waals surface area (Å²) in [7, 11) is 2.93. The topological polar surface area (TPSA) is 82.5 Å². The van der Waals surface area contributed by atoms with Gasteiger partial charge in [0.25, 0.3) is 5.56 Å². The molecule has 0 bridgehead atoms.